The summed E-state index contributed by atoms with van der Waals surface area (Å²) in [6.45, 7) is 1.69. The predicted octanol–water partition coefficient (Wildman–Crippen LogP) is 3.52. The van der Waals surface area contributed by atoms with E-state index >= 15 is 0 Å². The average molecular weight is 311 g/mol. The summed E-state index contributed by atoms with van der Waals surface area (Å²) in [5, 5.41) is 2.71. The third-order valence-electron chi connectivity index (χ3n) is 5.37. The van der Waals surface area contributed by atoms with Gasteiger partial charge in [-0.2, -0.15) is 13.2 Å². The number of hydrogen-bond donors (Lipinski definition) is 1. The van der Waals surface area contributed by atoms with Crippen LogP contribution in [0.5, 0.6) is 0 Å². The van der Waals surface area contributed by atoms with Crippen molar-refractivity contribution in [1.82, 2.24) is 0 Å². The number of hydrogen-bond acceptors (Lipinski definition) is 2. The Hall–Kier alpha value is -1.56. The van der Waals surface area contributed by atoms with E-state index in [0.29, 0.717) is 5.56 Å². The number of ether oxygens (including phenoxy) is 1. The van der Waals surface area contributed by atoms with Crippen LogP contribution in [0.15, 0.2) is 18.2 Å². The van der Waals surface area contributed by atoms with Gasteiger partial charge in [0.2, 0.25) is 5.91 Å². The number of amides is 1. The number of fused-ring (bicyclic) bond motifs is 5. The topological polar surface area (TPSA) is 38.3 Å². The first-order valence-electron chi connectivity index (χ1n) is 7.47. The molecule has 4 unspecified atom stereocenters. The zero-order valence-corrected chi connectivity index (χ0v) is 12.0. The Balaban J connectivity index is 1.58. The molecule has 4 rings (SSSR count). The molecule has 1 aliphatic carbocycles. The molecule has 2 saturated heterocycles. The van der Waals surface area contributed by atoms with Crippen molar-refractivity contribution >= 4 is 11.6 Å². The van der Waals surface area contributed by atoms with Crippen LogP contribution in [0.1, 0.15) is 30.4 Å². The fourth-order valence-electron chi connectivity index (χ4n) is 4.06. The highest BCUT2D eigenvalue weighted by atomic mass is 19.4. The van der Waals surface area contributed by atoms with Crippen LogP contribution < -0.4 is 5.32 Å². The lowest BCUT2D eigenvalue weighted by Crippen LogP contribution is -2.34. The normalized spacial score (nSPS) is 35.4. The molecule has 1 amide bonds. The predicted molar refractivity (Wildman–Crippen MR) is 73.2 cm³/mol. The van der Waals surface area contributed by atoms with E-state index in [0.717, 1.165) is 31.4 Å². The van der Waals surface area contributed by atoms with E-state index < -0.39 is 17.2 Å². The van der Waals surface area contributed by atoms with Crippen molar-refractivity contribution in [2.45, 2.75) is 44.6 Å². The first-order chi connectivity index (χ1) is 10.3. The van der Waals surface area contributed by atoms with E-state index in [4.69, 9.17) is 4.74 Å². The van der Waals surface area contributed by atoms with Crippen molar-refractivity contribution in [1.29, 1.82) is 0 Å². The van der Waals surface area contributed by atoms with Crippen LogP contribution >= 0.6 is 0 Å². The van der Waals surface area contributed by atoms with E-state index in [1.165, 1.54) is 6.07 Å². The minimum absolute atomic E-state index is 0.0615. The van der Waals surface area contributed by atoms with Gasteiger partial charge >= 0.3 is 6.18 Å². The van der Waals surface area contributed by atoms with Gasteiger partial charge in [0.15, 0.2) is 0 Å². The van der Waals surface area contributed by atoms with Crippen molar-refractivity contribution in [2.24, 2.45) is 11.3 Å². The van der Waals surface area contributed by atoms with Gasteiger partial charge in [-0.05, 0) is 43.9 Å². The summed E-state index contributed by atoms with van der Waals surface area (Å²) in [7, 11) is 0. The minimum Gasteiger partial charge on any atom is -0.374 e. The summed E-state index contributed by atoms with van der Waals surface area (Å²) in [4.78, 5) is 12.6. The number of rotatable bonds is 2. The number of carbonyl (C=O) groups is 1. The van der Waals surface area contributed by atoms with Gasteiger partial charge in [-0.15, -0.1) is 0 Å². The Morgan fingerprint density at radius 2 is 2.14 bits per heavy atom. The summed E-state index contributed by atoms with van der Waals surface area (Å²) < 4.78 is 44.2. The number of alkyl halides is 3. The van der Waals surface area contributed by atoms with Crippen LogP contribution in [0.4, 0.5) is 18.9 Å². The van der Waals surface area contributed by atoms with E-state index in [9.17, 15) is 18.0 Å². The fraction of sp³-hybridized carbons (Fsp3) is 0.562. The van der Waals surface area contributed by atoms with Crippen LogP contribution in [0.2, 0.25) is 0 Å². The highest BCUT2D eigenvalue weighted by molar-refractivity contribution is 5.99. The van der Waals surface area contributed by atoms with Gasteiger partial charge in [0.05, 0.1) is 23.2 Å². The maximum Gasteiger partial charge on any atom is 0.416 e. The number of benzene rings is 1. The van der Waals surface area contributed by atoms with Gasteiger partial charge < -0.3 is 10.1 Å². The van der Waals surface area contributed by atoms with Crippen LogP contribution in [0.25, 0.3) is 0 Å². The molecule has 22 heavy (non-hydrogen) atoms. The Bertz CT molecular complexity index is 657. The molecule has 6 heteroatoms. The summed E-state index contributed by atoms with van der Waals surface area (Å²) in [5.74, 6) is 0.0597. The molecule has 0 spiro atoms. The molecule has 118 valence electrons. The van der Waals surface area contributed by atoms with Crippen molar-refractivity contribution in [3.8, 4) is 0 Å². The van der Waals surface area contributed by atoms with Gasteiger partial charge in [0, 0.05) is 11.6 Å². The molecule has 2 heterocycles. The molecule has 3 nitrogen and oxygen atoms in total. The average Bonchev–Trinajstić information content (AvgIpc) is 2.95. The van der Waals surface area contributed by atoms with E-state index in [1.807, 2.05) is 0 Å². The van der Waals surface area contributed by atoms with Gasteiger partial charge in [0.25, 0.3) is 0 Å². The molecule has 3 aliphatic rings. The van der Waals surface area contributed by atoms with Crippen LogP contribution in [0.3, 0.4) is 0 Å². The molecule has 2 bridgehead atoms. The molecule has 1 aromatic rings. The highest BCUT2D eigenvalue weighted by Crippen LogP contribution is 2.68. The SMILES string of the molecule is Cc1ccc(C(F)(F)F)cc1NC(=O)C12CC1C1CCC2O1. The molecular formula is C16H16F3NO2. The van der Waals surface area contributed by atoms with Crippen LogP contribution in [0, 0.1) is 18.3 Å². The second-order valence-corrected chi connectivity index (χ2v) is 6.57. The van der Waals surface area contributed by atoms with Crippen LogP contribution in [-0.2, 0) is 15.7 Å². The Morgan fingerprint density at radius 3 is 2.77 bits per heavy atom. The van der Waals surface area contributed by atoms with E-state index in [1.54, 1.807) is 6.92 Å². The summed E-state index contributed by atoms with van der Waals surface area (Å²) in [6.07, 6.45) is -1.65. The molecular weight excluding hydrogens is 295 g/mol. The maximum atomic E-state index is 12.8. The number of anilines is 1. The lowest BCUT2D eigenvalue weighted by atomic mass is 9.87. The number of carbonyl (C=O) groups excluding carboxylic acids is 1. The molecule has 0 radical (unpaired) electrons. The Morgan fingerprint density at radius 1 is 1.36 bits per heavy atom. The molecule has 0 aromatic heterocycles. The monoisotopic (exact) mass is 311 g/mol. The fourth-order valence-corrected chi connectivity index (χ4v) is 4.06. The summed E-state index contributed by atoms with van der Waals surface area (Å²) in [6, 6.07) is 3.43. The van der Waals surface area contributed by atoms with Gasteiger partial charge in [-0.25, -0.2) is 0 Å². The van der Waals surface area contributed by atoms with Gasteiger partial charge in [-0.3, -0.25) is 4.79 Å². The molecule has 1 aromatic carbocycles. The minimum atomic E-state index is -4.41. The second-order valence-electron chi connectivity index (χ2n) is 6.57. The lowest BCUT2D eigenvalue weighted by Gasteiger charge is -2.21. The van der Waals surface area contributed by atoms with Gasteiger partial charge in [-0.1, -0.05) is 6.07 Å². The smallest absolute Gasteiger partial charge is 0.374 e. The third-order valence-corrected chi connectivity index (χ3v) is 5.37. The largest absolute Gasteiger partial charge is 0.416 e. The summed E-state index contributed by atoms with van der Waals surface area (Å²) >= 11 is 0. The van der Waals surface area contributed by atoms with Crippen LogP contribution in [-0.4, -0.2) is 18.1 Å². The highest BCUT2D eigenvalue weighted by Gasteiger charge is 2.74. The first-order valence-corrected chi connectivity index (χ1v) is 7.47. The van der Waals surface area contributed by atoms with E-state index in [2.05, 4.69) is 5.32 Å². The zero-order valence-electron chi connectivity index (χ0n) is 12.0. The van der Waals surface area contributed by atoms with Crippen molar-refractivity contribution < 1.29 is 22.7 Å². The lowest BCUT2D eigenvalue weighted by molar-refractivity contribution is -0.137. The van der Waals surface area contributed by atoms with Gasteiger partial charge in [0.1, 0.15) is 0 Å². The molecule has 1 N–H and O–H groups in total. The molecule has 2 aliphatic heterocycles. The standard InChI is InChI=1S/C16H16F3NO2/c1-8-2-3-9(16(17,18)19)6-11(8)20-14(21)15-7-10(15)12-4-5-13(15)22-12/h2-3,6,10,12-13H,4-5,7H2,1H3,(H,20,21). The third kappa shape index (κ3) is 1.82. The van der Waals surface area contributed by atoms with Crippen molar-refractivity contribution in [3.63, 3.8) is 0 Å². The summed E-state index contributed by atoms with van der Waals surface area (Å²) in [5.41, 5.74) is -0.382. The number of halogens is 3. The molecule has 4 atom stereocenters. The Kier molecular flexibility index (Phi) is 2.72. The van der Waals surface area contributed by atoms with Crippen molar-refractivity contribution in [3.05, 3.63) is 29.3 Å². The second kappa shape index (κ2) is 4.25. The van der Waals surface area contributed by atoms with E-state index in [-0.39, 0.29) is 29.7 Å². The quantitative estimate of drug-likeness (QED) is 0.907. The molecule has 1 saturated carbocycles. The number of nitrogens with one attached hydrogen (secondary N) is 1. The molecule has 3 fully saturated rings. The number of aryl methyl sites for hydroxylation is 1. The first kappa shape index (κ1) is 14.1. The zero-order chi connectivity index (χ0) is 15.7. The maximum absolute atomic E-state index is 12.8. The van der Waals surface area contributed by atoms with Crippen molar-refractivity contribution in [2.75, 3.05) is 5.32 Å². The Labute approximate surface area is 125 Å².